The van der Waals surface area contributed by atoms with Crippen LogP contribution in [0.3, 0.4) is 0 Å². The summed E-state index contributed by atoms with van der Waals surface area (Å²) in [5.74, 6) is 2.04. The van der Waals surface area contributed by atoms with Gasteiger partial charge in [-0.2, -0.15) is 0 Å². The fraction of sp³-hybridized carbons (Fsp3) is 0.692. The average Bonchev–Trinajstić information content (AvgIpc) is 2.95. The van der Waals surface area contributed by atoms with E-state index in [2.05, 4.69) is 71.6 Å². The van der Waals surface area contributed by atoms with Crippen molar-refractivity contribution in [2.75, 3.05) is 0 Å². The van der Waals surface area contributed by atoms with Crippen molar-refractivity contribution in [1.29, 1.82) is 0 Å². The van der Waals surface area contributed by atoms with Gasteiger partial charge in [0.05, 0.1) is 0 Å². The molecule has 2 saturated carbocycles. The fourth-order valence-electron chi connectivity index (χ4n) is 6.45. The van der Waals surface area contributed by atoms with Crippen LogP contribution in [0.5, 0.6) is 5.75 Å². The lowest BCUT2D eigenvalue weighted by Gasteiger charge is -2.55. The maximum atomic E-state index is 14.8. The second-order valence-electron chi connectivity index (χ2n) is 11.7. The Morgan fingerprint density at radius 1 is 1.14 bits per heavy atom. The molecule has 0 N–H and O–H groups in total. The van der Waals surface area contributed by atoms with E-state index in [0.717, 1.165) is 44.3 Å². The summed E-state index contributed by atoms with van der Waals surface area (Å²) in [5.41, 5.74) is 2.75. The molecular formula is C26H39FOSi. The van der Waals surface area contributed by atoms with Crippen LogP contribution in [-0.2, 0) is 11.8 Å². The van der Waals surface area contributed by atoms with Crippen molar-refractivity contribution in [3.05, 3.63) is 42.0 Å². The molecule has 0 aliphatic heterocycles. The van der Waals surface area contributed by atoms with Gasteiger partial charge >= 0.3 is 0 Å². The zero-order valence-corrected chi connectivity index (χ0v) is 20.3. The Labute approximate surface area is 178 Å². The fourth-order valence-corrected chi connectivity index (χ4v) is 7.47. The Balaban J connectivity index is 1.69. The van der Waals surface area contributed by atoms with Crippen molar-refractivity contribution in [1.82, 2.24) is 0 Å². The van der Waals surface area contributed by atoms with E-state index in [1.807, 2.05) is 0 Å². The number of hydrogen-bond acceptors (Lipinski definition) is 1. The molecule has 1 aromatic rings. The number of aryl methyl sites for hydroxylation is 1. The van der Waals surface area contributed by atoms with Gasteiger partial charge in [-0.15, -0.1) is 6.58 Å². The number of alkyl halides is 1. The molecular weight excluding hydrogens is 375 g/mol. The summed E-state index contributed by atoms with van der Waals surface area (Å²) in [6.45, 7) is 18.0. The Bertz CT molecular complexity index is 809. The van der Waals surface area contributed by atoms with E-state index in [-0.39, 0.29) is 15.9 Å². The lowest BCUT2D eigenvalue weighted by Crippen LogP contribution is -2.51. The van der Waals surface area contributed by atoms with E-state index in [1.54, 1.807) is 0 Å². The van der Waals surface area contributed by atoms with Crippen LogP contribution in [0, 0.1) is 17.3 Å². The van der Waals surface area contributed by atoms with Gasteiger partial charge in [-0.25, -0.2) is 4.39 Å². The molecule has 29 heavy (non-hydrogen) atoms. The van der Waals surface area contributed by atoms with E-state index >= 15 is 0 Å². The van der Waals surface area contributed by atoms with Crippen LogP contribution >= 0.6 is 0 Å². The van der Waals surface area contributed by atoms with Crippen molar-refractivity contribution in [3.8, 4) is 5.75 Å². The van der Waals surface area contributed by atoms with Gasteiger partial charge < -0.3 is 4.43 Å². The van der Waals surface area contributed by atoms with Gasteiger partial charge in [0.25, 0.3) is 0 Å². The average molecular weight is 415 g/mol. The molecule has 4 rings (SSSR count). The Hall–Kier alpha value is -1.09. The maximum absolute atomic E-state index is 14.8. The number of benzene rings is 1. The number of rotatable bonds is 3. The van der Waals surface area contributed by atoms with E-state index in [1.165, 1.54) is 11.1 Å². The summed E-state index contributed by atoms with van der Waals surface area (Å²) in [6, 6.07) is 6.81. The highest BCUT2D eigenvalue weighted by molar-refractivity contribution is 6.74. The number of allylic oxidation sites excluding steroid dienone is 1. The second-order valence-corrected chi connectivity index (χ2v) is 16.5. The molecule has 0 heterocycles. The smallest absolute Gasteiger partial charge is 0.250 e. The third-order valence-corrected chi connectivity index (χ3v) is 13.7. The summed E-state index contributed by atoms with van der Waals surface area (Å²) in [5, 5.41) is 0.190. The highest BCUT2D eigenvalue weighted by Crippen LogP contribution is 2.64. The van der Waals surface area contributed by atoms with Crippen LogP contribution in [0.15, 0.2) is 30.9 Å². The predicted molar refractivity (Wildman–Crippen MR) is 123 cm³/mol. The first-order valence-electron chi connectivity index (χ1n) is 11.5. The molecule has 1 aromatic carbocycles. The topological polar surface area (TPSA) is 9.23 Å². The van der Waals surface area contributed by atoms with Gasteiger partial charge in [0, 0.05) is 10.8 Å². The Kier molecular flexibility index (Phi) is 4.89. The minimum atomic E-state index is -1.85. The van der Waals surface area contributed by atoms with Gasteiger partial charge in [0.2, 0.25) is 8.32 Å². The van der Waals surface area contributed by atoms with E-state index in [4.69, 9.17) is 4.43 Å². The molecule has 3 aliphatic carbocycles. The normalized spacial score (nSPS) is 36.7. The molecule has 0 saturated heterocycles. The van der Waals surface area contributed by atoms with Crippen molar-refractivity contribution in [2.45, 2.75) is 95.9 Å². The first-order valence-corrected chi connectivity index (χ1v) is 14.5. The van der Waals surface area contributed by atoms with Crippen LogP contribution < -0.4 is 4.43 Å². The van der Waals surface area contributed by atoms with Crippen molar-refractivity contribution < 1.29 is 8.82 Å². The van der Waals surface area contributed by atoms with Gasteiger partial charge in [-0.05, 0) is 91.8 Å². The predicted octanol–water partition coefficient (Wildman–Crippen LogP) is 7.61. The third-order valence-electron chi connectivity index (χ3n) is 9.36. The standard InChI is InChI=1S/C26H39FOSi/c1-8-26-16-15-25(5)21(13-14-23(25)27)22(26)11-9-18-17-19(10-12-20(18)26)28-29(6,7)24(2,3)4/h8,10,12,17,21-23H,1,9,11,13-16H2,2-7H3/t21-,22-,23-,25-,26+/m0/s1. The summed E-state index contributed by atoms with van der Waals surface area (Å²) in [7, 11) is -1.85. The quantitative estimate of drug-likeness (QED) is 0.365. The molecule has 0 bridgehead atoms. The lowest BCUT2D eigenvalue weighted by molar-refractivity contribution is -0.00873. The summed E-state index contributed by atoms with van der Waals surface area (Å²) < 4.78 is 21.4. The minimum absolute atomic E-state index is 0.0112. The van der Waals surface area contributed by atoms with Gasteiger partial charge in [-0.3, -0.25) is 0 Å². The summed E-state index contributed by atoms with van der Waals surface area (Å²) >= 11 is 0. The second kappa shape index (κ2) is 6.70. The molecule has 0 radical (unpaired) electrons. The first kappa shape index (κ1) is 21.2. The monoisotopic (exact) mass is 414 g/mol. The molecule has 0 amide bonds. The maximum Gasteiger partial charge on any atom is 0.250 e. The molecule has 1 nitrogen and oxygen atoms in total. The van der Waals surface area contributed by atoms with Crippen LogP contribution in [0.1, 0.15) is 70.9 Å². The number of fused-ring (bicyclic) bond motifs is 5. The van der Waals surface area contributed by atoms with E-state index in [9.17, 15) is 4.39 Å². The molecule has 0 aromatic heterocycles. The highest BCUT2D eigenvalue weighted by Gasteiger charge is 2.59. The minimum Gasteiger partial charge on any atom is -0.543 e. The molecule has 3 aliphatic rings. The molecule has 5 atom stereocenters. The summed E-state index contributed by atoms with van der Waals surface area (Å²) in [4.78, 5) is 0. The van der Waals surface area contributed by atoms with Crippen molar-refractivity contribution >= 4 is 8.32 Å². The zero-order valence-electron chi connectivity index (χ0n) is 19.3. The molecule has 3 heteroatoms. The molecule has 160 valence electrons. The number of halogens is 1. The van der Waals surface area contributed by atoms with Crippen LogP contribution in [-0.4, -0.2) is 14.5 Å². The molecule has 0 unspecified atom stereocenters. The SMILES string of the molecule is C=C[C@]12CC[C@]3(C)[C@@H](F)CC[C@H]3[C@@H]1CCc1cc(O[Si](C)(C)C(C)(C)C)ccc12. The first-order chi connectivity index (χ1) is 13.4. The Morgan fingerprint density at radius 2 is 1.86 bits per heavy atom. The van der Waals surface area contributed by atoms with E-state index < -0.39 is 14.5 Å². The van der Waals surface area contributed by atoms with Gasteiger partial charge in [0.15, 0.2) is 0 Å². The lowest BCUT2D eigenvalue weighted by atomic mass is 9.48. The van der Waals surface area contributed by atoms with Crippen LogP contribution in [0.25, 0.3) is 0 Å². The highest BCUT2D eigenvalue weighted by atomic mass is 28.4. The zero-order chi connectivity index (χ0) is 21.2. The molecule has 2 fully saturated rings. The van der Waals surface area contributed by atoms with Crippen LogP contribution in [0.4, 0.5) is 4.39 Å². The largest absolute Gasteiger partial charge is 0.543 e. The third kappa shape index (κ3) is 3.06. The van der Waals surface area contributed by atoms with Gasteiger partial charge in [0.1, 0.15) is 11.9 Å². The van der Waals surface area contributed by atoms with Crippen molar-refractivity contribution in [2.24, 2.45) is 17.3 Å². The Morgan fingerprint density at radius 3 is 2.52 bits per heavy atom. The molecule has 0 spiro atoms. The summed E-state index contributed by atoms with van der Waals surface area (Å²) in [6.07, 6.45) is 7.61. The van der Waals surface area contributed by atoms with Gasteiger partial charge in [-0.1, -0.05) is 39.8 Å². The number of hydrogen-bond donors (Lipinski definition) is 0. The van der Waals surface area contributed by atoms with E-state index in [0.29, 0.717) is 11.8 Å². The van der Waals surface area contributed by atoms with Crippen molar-refractivity contribution in [3.63, 3.8) is 0 Å². The van der Waals surface area contributed by atoms with Crippen LogP contribution in [0.2, 0.25) is 18.1 Å².